The van der Waals surface area contributed by atoms with E-state index in [0.29, 0.717) is 0 Å². The fourth-order valence-electron chi connectivity index (χ4n) is 1.80. The van der Waals surface area contributed by atoms with Crippen LogP contribution in [0.3, 0.4) is 0 Å². The number of nitrogens with zero attached hydrogens (tertiary/aromatic N) is 3. The number of anilines is 2. The topological polar surface area (TPSA) is 41.1 Å². The lowest BCUT2D eigenvalue weighted by atomic mass is 10.1. The molecule has 0 atom stereocenters. The van der Waals surface area contributed by atoms with Crippen LogP contribution in [0, 0.1) is 0 Å². The summed E-state index contributed by atoms with van der Waals surface area (Å²) in [6.07, 6.45) is 1.07. The first kappa shape index (κ1) is 12.8. The van der Waals surface area contributed by atoms with Crippen LogP contribution in [0.1, 0.15) is 18.2 Å². The summed E-state index contributed by atoms with van der Waals surface area (Å²) in [6, 6.07) is 8.64. The number of hydrogen-bond donors (Lipinski definition) is 1. The van der Waals surface area contributed by atoms with Crippen LogP contribution in [0.25, 0.3) is 0 Å². The largest absolute Gasteiger partial charge is 0.377 e. The summed E-state index contributed by atoms with van der Waals surface area (Å²) < 4.78 is 3.97. The van der Waals surface area contributed by atoms with Crippen molar-refractivity contribution in [2.45, 2.75) is 19.9 Å². The first-order valence-electron chi connectivity index (χ1n) is 6.03. The van der Waals surface area contributed by atoms with Crippen LogP contribution >= 0.6 is 11.5 Å². The average Bonchev–Trinajstić information content (AvgIpc) is 2.86. The van der Waals surface area contributed by atoms with Crippen LogP contribution in [0.5, 0.6) is 0 Å². The lowest BCUT2D eigenvalue weighted by molar-refractivity contribution is 0.873. The monoisotopic (exact) mass is 262 g/mol. The van der Waals surface area contributed by atoms with E-state index in [2.05, 4.69) is 58.0 Å². The van der Waals surface area contributed by atoms with Crippen molar-refractivity contribution in [3.05, 3.63) is 35.5 Å². The molecule has 0 saturated heterocycles. The molecule has 0 aliphatic heterocycles. The predicted octanol–water partition coefficient (Wildman–Crippen LogP) is 2.78. The zero-order valence-electron chi connectivity index (χ0n) is 11.0. The van der Waals surface area contributed by atoms with Crippen molar-refractivity contribution in [1.29, 1.82) is 0 Å². The molecule has 4 nitrogen and oxygen atoms in total. The van der Waals surface area contributed by atoms with Gasteiger partial charge in [0.05, 0.1) is 6.54 Å². The van der Waals surface area contributed by atoms with Crippen molar-refractivity contribution in [3.63, 3.8) is 0 Å². The van der Waals surface area contributed by atoms with E-state index >= 15 is 0 Å². The van der Waals surface area contributed by atoms with Gasteiger partial charge in [-0.15, -0.1) is 5.10 Å². The number of nitrogens with one attached hydrogen (secondary N) is 1. The van der Waals surface area contributed by atoms with Crippen LogP contribution < -0.4 is 10.2 Å². The molecule has 1 N–H and O–H groups in total. The third-order valence-corrected chi connectivity index (χ3v) is 3.74. The second-order valence-electron chi connectivity index (χ2n) is 4.17. The lowest BCUT2D eigenvalue weighted by Gasteiger charge is -2.18. The molecule has 18 heavy (non-hydrogen) atoms. The zero-order chi connectivity index (χ0) is 13.0. The Kier molecular flexibility index (Phi) is 4.15. The zero-order valence-corrected chi connectivity index (χ0v) is 11.8. The van der Waals surface area contributed by atoms with Gasteiger partial charge in [0.25, 0.3) is 0 Å². The summed E-state index contributed by atoms with van der Waals surface area (Å²) in [6.45, 7) is 2.93. The van der Waals surface area contributed by atoms with Crippen LogP contribution in [0.15, 0.2) is 24.3 Å². The Morgan fingerprint density at radius 3 is 2.61 bits per heavy atom. The summed E-state index contributed by atoms with van der Waals surface area (Å²) in [5, 5.41) is 8.30. The number of aryl methyl sites for hydroxylation is 1. The lowest BCUT2D eigenvalue weighted by Crippen LogP contribution is -2.17. The van der Waals surface area contributed by atoms with Gasteiger partial charge in [-0.05, 0) is 24.1 Å². The van der Waals surface area contributed by atoms with Crippen molar-refractivity contribution in [3.8, 4) is 0 Å². The van der Waals surface area contributed by atoms with E-state index in [4.69, 9.17) is 0 Å². The van der Waals surface area contributed by atoms with Gasteiger partial charge in [0, 0.05) is 31.3 Å². The van der Waals surface area contributed by atoms with Gasteiger partial charge >= 0.3 is 0 Å². The summed E-state index contributed by atoms with van der Waals surface area (Å²) in [4.78, 5) is 2.18. The molecule has 96 valence electrons. The molecule has 0 fully saturated rings. The molecule has 0 unspecified atom stereocenters. The molecule has 1 aromatic carbocycles. The third-order valence-electron chi connectivity index (χ3n) is 2.96. The molecular weight excluding hydrogens is 244 g/mol. The van der Waals surface area contributed by atoms with Gasteiger partial charge in [0.1, 0.15) is 10.7 Å². The minimum absolute atomic E-state index is 0.762. The van der Waals surface area contributed by atoms with E-state index in [1.54, 1.807) is 0 Å². The van der Waals surface area contributed by atoms with Gasteiger partial charge in [-0.2, -0.15) is 0 Å². The number of rotatable bonds is 5. The SMILES string of the molecule is CCc1ccc(N(C)Cc2nnsc2NC)cc1. The number of benzene rings is 1. The van der Waals surface area contributed by atoms with Gasteiger partial charge < -0.3 is 10.2 Å². The maximum absolute atomic E-state index is 4.15. The van der Waals surface area contributed by atoms with E-state index in [0.717, 1.165) is 23.7 Å². The molecule has 1 aromatic heterocycles. The van der Waals surface area contributed by atoms with Crippen LogP contribution in [-0.2, 0) is 13.0 Å². The molecule has 0 radical (unpaired) electrons. The highest BCUT2D eigenvalue weighted by Gasteiger charge is 2.09. The first-order valence-corrected chi connectivity index (χ1v) is 6.81. The Balaban J connectivity index is 2.09. The summed E-state index contributed by atoms with van der Waals surface area (Å²) in [7, 11) is 3.97. The second-order valence-corrected chi connectivity index (χ2v) is 4.93. The Labute approximate surface area is 112 Å². The minimum Gasteiger partial charge on any atom is -0.377 e. The van der Waals surface area contributed by atoms with Gasteiger partial charge in [0.2, 0.25) is 0 Å². The van der Waals surface area contributed by atoms with Crippen molar-refractivity contribution in [2.75, 3.05) is 24.3 Å². The molecule has 0 amide bonds. The van der Waals surface area contributed by atoms with E-state index < -0.39 is 0 Å². The highest BCUT2D eigenvalue weighted by Crippen LogP contribution is 2.21. The molecule has 2 aromatic rings. The van der Waals surface area contributed by atoms with Gasteiger partial charge in [-0.25, -0.2) is 0 Å². The van der Waals surface area contributed by atoms with Crippen molar-refractivity contribution in [1.82, 2.24) is 9.59 Å². The maximum atomic E-state index is 4.15. The molecule has 2 rings (SSSR count). The van der Waals surface area contributed by atoms with Crippen molar-refractivity contribution < 1.29 is 0 Å². The molecule has 1 heterocycles. The van der Waals surface area contributed by atoms with Gasteiger partial charge in [0.15, 0.2) is 0 Å². The first-order chi connectivity index (χ1) is 8.74. The van der Waals surface area contributed by atoms with Crippen LogP contribution in [0.4, 0.5) is 10.7 Å². The van der Waals surface area contributed by atoms with E-state index in [9.17, 15) is 0 Å². The Bertz CT molecular complexity index is 492. The maximum Gasteiger partial charge on any atom is 0.134 e. The van der Waals surface area contributed by atoms with Crippen molar-refractivity contribution >= 4 is 22.2 Å². The van der Waals surface area contributed by atoms with E-state index in [1.165, 1.54) is 22.8 Å². The number of aromatic nitrogens is 2. The molecular formula is C13H18N4S. The molecule has 0 spiro atoms. The molecule has 0 aliphatic rings. The predicted molar refractivity (Wildman–Crippen MR) is 77.4 cm³/mol. The Hall–Kier alpha value is -1.62. The third kappa shape index (κ3) is 2.79. The molecule has 0 bridgehead atoms. The fraction of sp³-hybridized carbons (Fsp3) is 0.385. The normalized spacial score (nSPS) is 10.4. The smallest absolute Gasteiger partial charge is 0.134 e. The average molecular weight is 262 g/mol. The summed E-state index contributed by atoms with van der Waals surface area (Å²) in [5.74, 6) is 0. The van der Waals surface area contributed by atoms with Crippen LogP contribution in [0.2, 0.25) is 0 Å². The van der Waals surface area contributed by atoms with Crippen LogP contribution in [-0.4, -0.2) is 23.7 Å². The van der Waals surface area contributed by atoms with Gasteiger partial charge in [-0.3, -0.25) is 0 Å². The minimum atomic E-state index is 0.762. The Morgan fingerprint density at radius 2 is 2.00 bits per heavy atom. The van der Waals surface area contributed by atoms with Crippen molar-refractivity contribution in [2.24, 2.45) is 0 Å². The molecule has 0 aliphatic carbocycles. The van der Waals surface area contributed by atoms with Gasteiger partial charge in [-0.1, -0.05) is 23.5 Å². The quantitative estimate of drug-likeness (QED) is 0.899. The summed E-state index contributed by atoms with van der Waals surface area (Å²) >= 11 is 1.39. The highest BCUT2D eigenvalue weighted by atomic mass is 32.1. The molecule has 0 saturated carbocycles. The highest BCUT2D eigenvalue weighted by molar-refractivity contribution is 7.10. The second kappa shape index (κ2) is 5.82. The number of hydrogen-bond acceptors (Lipinski definition) is 5. The summed E-state index contributed by atoms with van der Waals surface area (Å²) in [5.41, 5.74) is 3.55. The fourth-order valence-corrected chi connectivity index (χ4v) is 2.33. The molecule has 5 heteroatoms. The van der Waals surface area contributed by atoms with E-state index in [1.807, 2.05) is 7.05 Å². The standard InChI is InChI=1S/C13H18N4S/c1-4-10-5-7-11(8-6-10)17(3)9-12-13(14-2)18-16-15-12/h5-8,14H,4,9H2,1-3H3. The Morgan fingerprint density at radius 1 is 1.28 bits per heavy atom. The van der Waals surface area contributed by atoms with E-state index in [-0.39, 0.29) is 0 Å².